The fourth-order valence-electron chi connectivity index (χ4n) is 0.977. The van der Waals surface area contributed by atoms with E-state index in [0.717, 1.165) is 11.1 Å². The van der Waals surface area contributed by atoms with Gasteiger partial charge in [-0.1, -0.05) is 25.3 Å². The molecule has 0 heterocycles. The number of benzene rings is 1. The lowest BCUT2D eigenvalue weighted by Gasteiger charge is -1.97. The molecule has 1 aromatic carbocycles. The van der Waals surface area contributed by atoms with Crippen LogP contribution in [0.4, 0.5) is 0 Å². The fourth-order valence-corrected chi connectivity index (χ4v) is 0.977. The van der Waals surface area contributed by atoms with Crippen molar-refractivity contribution >= 4 is 12.2 Å². The molecule has 0 radical (unpaired) electrons. The van der Waals surface area contributed by atoms with E-state index in [2.05, 4.69) is 19.2 Å². The second-order valence-corrected chi connectivity index (χ2v) is 2.41. The first-order chi connectivity index (χ1) is 5.80. The summed E-state index contributed by atoms with van der Waals surface area (Å²) in [4.78, 5) is 0. The highest BCUT2D eigenvalue weighted by atomic mass is 14.2. The SMILES string of the molecule is C=Cc1cc(C#N)cc(C=C)c1. The zero-order valence-electron chi connectivity index (χ0n) is 6.75. The average molecular weight is 155 g/mol. The first-order valence-corrected chi connectivity index (χ1v) is 3.60. The Morgan fingerprint density at radius 3 is 1.92 bits per heavy atom. The van der Waals surface area contributed by atoms with E-state index in [1.165, 1.54) is 0 Å². The Kier molecular flexibility index (Phi) is 2.45. The third-order valence-corrected chi connectivity index (χ3v) is 1.58. The molecule has 58 valence electrons. The van der Waals surface area contributed by atoms with Crippen LogP contribution in [0.5, 0.6) is 0 Å². The Balaban J connectivity index is 3.30. The van der Waals surface area contributed by atoms with Gasteiger partial charge in [0.2, 0.25) is 0 Å². The molecule has 0 amide bonds. The lowest BCUT2D eigenvalue weighted by Crippen LogP contribution is -1.80. The molecule has 0 bridgehead atoms. The van der Waals surface area contributed by atoms with Crippen molar-refractivity contribution in [1.29, 1.82) is 5.26 Å². The minimum atomic E-state index is 0.641. The van der Waals surface area contributed by atoms with Gasteiger partial charge in [-0.3, -0.25) is 0 Å². The van der Waals surface area contributed by atoms with Gasteiger partial charge < -0.3 is 0 Å². The molecule has 1 heteroatoms. The summed E-state index contributed by atoms with van der Waals surface area (Å²) in [6.45, 7) is 7.28. The zero-order chi connectivity index (χ0) is 8.97. The minimum absolute atomic E-state index is 0.641. The average Bonchev–Trinajstić information content (AvgIpc) is 2.16. The molecular formula is C11H9N. The summed E-state index contributed by atoms with van der Waals surface area (Å²) in [6, 6.07) is 7.60. The van der Waals surface area contributed by atoms with Crippen molar-refractivity contribution in [3.05, 3.63) is 48.0 Å². The van der Waals surface area contributed by atoms with E-state index < -0.39 is 0 Å². The number of rotatable bonds is 2. The van der Waals surface area contributed by atoms with Gasteiger partial charge in [-0.15, -0.1) is 0 Å². The van der Waals surface area contributed by atoms with Crippen molar-refractivity contribution in [2.75, 3.05) is 0 Å². The highest BCUT2D eigenvalue weighted by Crippen LogP contribution is 2.11. The maximum absolute atomic E-state index is 8.66. The van der Waals surface area contributed by atoms with Gasteiger partial charge in [-0.25, -0.2) is 0 Å². The molecule has 0 N–H and O–H groups in total. The van der Waals surface area contributed by atoms with Gasteiger partial charge in [0.25, 0.3) is 0 Å². The van der Waals surface area contributed by atoms with Crippen LogP contribution in [0, 0.1) is 11.3 Å². The van der Waals surface area contributed by atoms with Crippen LogP contribution < -0.4 is 0 Å². The summed E-state index contributed by atoms with van der Waals surface area (Å²) in [5, 5.41) is 8.66. The van der Waals surface area contributed by atoms with Gasteiger partial charge in [0, 0.05) is 0 Å². The van der Waals surface area contributed by atoms with E-state index in [-0.39, 0.29) is 0 Å². The van der Waals surface area contributed by atoms with Crippen molar-refractivity contribution in [3.63, 3.8) is 0 Å². The lowest BCUT2D eigenvalue weighted by atomic mass is 10.1. The molecular weight excluding hydrogens is 146 g/mol. The maximum Gasteiger partial charge on any atom is 0.0992 e. The Morgan fingerprint density at radius 2 is 1.58 bits per heavy atom. The monoisotopic (exact) mass is 155 g/mol. The summed E-state index contributed by atoms with van der Waals surface area (Å²) in [7, 11) is 0. The van der Waals surface area contributed by atoms with Crippen molar-refractivity contribution in [3.8, 4) is 6.07 Å². The van der Waals surface area contributed by atoms with Crippen LogP contribution in [0.2, 0.25) is 0 Å². The molecule has 0 fully saturated rings. The van der Waals surface area contributed by atoms with Crippen LogP contribution >= 0.6 is 0 Å². The quantitative estimate of drug-likeness (QED) is 0.644. The lowest BCUT2D eigenvalue weighted by molar-refractivity contribution is 1.47. The van der Waals surface area contributed by atoms with Gasteiger partial charge in [-0.2, -0.15) is 5.26 Å². The summed E-state index contributed by atoms with van der Waals surface area (Å²) in [6.07, 6.45) is 3.43. The molecule has 1 rings (SSSR count). The van der Waals surface area contributed by atoms with E-state index in [1.807, 2.05) is 6.07 Å². The summed E-state index contributed by atoms with van der Waals surface area (Å²) >= 11 is 0. The van der Waals surface area contributed by atoms with Crippen LogP contribution in [0.15, 0.2) is 31.4 Å². The Bertz CT molecular complexity index is 330. The predicted molar refractivity (Wildman–Crippen MR) is 51.3 cm³/mol. The molecule has 0 spiro atoms. The topological polar surface area (TPSA) is 23.8 Å². The predicted octanol–water partition coefficient (Wildman–Crippen LogP) is 2.84. The third kappa shape index (κ3) is 1.62. The van der Waals surface area contributed by atoms with Crippen molar-refractivity contribution < 1.29 is 0 Å². The van der Waals surface area contributed by atoms with Gasteiger partial charge in [-0.05, 0) is 29.3 Å². The van der Waals surface area contributed by atoms with Crippen molar-refractivity contribution in [1.82, 2.24) is 0 Å². The Hall–Kier alpha value is -1.81. The summed E-state index contributed by atoms with van der Waals surface area (Å²) in [5.74, 6) is 0. The summed E-state index contributed by atoms with van der Waals surface area (Å²) in [5.41, 5.74) is 2.54. The van der Waals surface area contributed by atoms with Gasteiger partial charge in [0.15, 0.2) is 0 Å². The van der Waals surface area contributed by atoms with Crippen LogP contribution in [-0.2, 0) is 0 Å². The Morgan fingerprint density at radius 1 is 1.08 bits per heavy atom. The second-order valence-electron chi connectivity index (χ2n) is 2.41. The largest absolute Gasteiger partial charge is 0.192 e. The molecule has 0 aliphatic heterocycles. The molecule has 0 unspecified atom stereocenters. The van der Waals surface area contributed by atoms with Crippen molar-refractivity contribution in [2.45, 2.75) is 0 Å². The normalized spacial score (nSPS) is 8.58. The van der Waals surface area contributed by atoms with E-state index in [0.29, 0.717) is 5.56 Å². The minimum Gasteiger partial charge on any atom is -0.192 e. The number of hydrogen-bond donors (Lipinski definition) is 0. The number of hydrogen-bond acceptors (Lipinski definition) is 1. The highest BCUT2D eigenvalue weighted by molar-refractivity contribution is 5.59. The molecule has 12 heavy (non-hydrogen) atoms. The zero-order valence-corrected chi connectivity index (χ0v) is 6.75. The maximum atomic E-state index is 8.66. The third-order valence-electron chi connectivity index (χ3n) is 1.58. The smallest absolute Gasteiger partial charge is 0.0992 e. The molecule has 0 saturated heterocycles. The molecule has 1 aromatic rings. The molecule has 0 saturated carbocycles. The highest BCUT2D eigenvalue weighted by Gasteiger charge is 1.94. The fraction of sp³-hybridized carbons (Fsp3) is 0. The van der Waals surface area contributed by atoms with Crippen LogP contribution in [0.3, 0.4) is 0 Å². The van der Waals surface area contributed by atoms with Crippen molar-refractivity contribution in [2.24, 2.45) is 0 Å². The van der Waals surface area contributed by atoms with Crippen LogP contribution in [0.1, 0.15) is 16.7 Å². The van der Waals surface area contributed by atoms with E-state index in [4.69, 9.17) is 5.26 Å². The molecule has 0 atom stereocenters. The van der Waals surface area contributed by atoms with E-state index in [1.54, 1.807) is 24.3 Å². The van der Waals surface area contributed by atoms with E-state index in [9.17, 15) is 0 Å². The van der Waals surface area contributed by atoms with Crippen LogP contribution in [0.25, 0.3) is 12.2 Å². The van der Waals surface area contributed by atoms with E-state index >= 15 is 0 Å². The number of nitrogens with zero attached hydrogens (tertiary/aromatic N) is 1. The first kappa shape index (κ1) is 8.29. The van der Waals surface area contributed by atoms with Crippen LogP contribution in [-0.4, -0.2) is 0 Å². The first-order valence-electron chi connectivity index (χ1n) is 3.60. The standard InChI is InChI=1S/C11H9N/c1-3-9-5-10(4-2)7-11(6-9)8-12/h3-7H,1-2H2. The number of nitriles is 1. The second kappa shape index (κ2) is 3.54. The molecule has 1 nitrogen and oxygen atoms in total. The van der Waals surface area contributed by atoms with Gasteiger partial charge >= 0.3 is 0 Å². The van der Waals surface area contributed by atoms with Gasteiger partial charge in [0.1, 0.15) is 0 Å². The molecule has 0 aromatic heterocycles. The molecule has 0 aliphatic carbocycles. The van der Waals surface area contributed by atoms with Gasteiger partial charge in [0.05, 0.1) is 11.6 Å². The molecule has 0 aliphatic rings. The Labute approximate surface area is 72.3 Å². The summed E-state index contributed by atoms with van der Waals surface area (Å²) < 4.78 is 0.